The van der Waals surface area contributed by atoms with Gasteiger partial charge in [-0.25, -0.2) is 0 Å². The zero-order valence-corrected chi connectivity index (χ0v) is 8.31. The van der Waals surface area contributed by atoms with E-state index in [9.17, 15) is 15.2 Å². The second-order valence-corrected chi connectivity index (χ2v) is 3.85. The summed E-state index contributed by atoms with van der Waals surface area (Å²) in [5.74, 6) is 0.172. The zero-order valence-electron chi connectivity index (χ0n) is 8.31. The highest BCUT2D eigenvalue weighted by Crippen LogP contribution is 2.33. The summed E-state index contributed by atoms with van der Waals surface area (Å²) in [6, 6.07) is 5.06. The number of fused-ring (bicyclic) bond motifs is 1. The Labute approximate surface area is 88.0 Å². The molecule has 0 aliphatic carbocycles. The van der Waals surface area contributed by atoms with Crippen LogP contribution in [0.25, 0.3) is 6.08 Å². The van der Waals surface area contributed by atoms with Gasteiger partial charge in [-0.1, -0.05) is 18.2 Å². The van der Waals surface area contributed by atoms with Crippen LogP contribution in [0.5, 0.6) is 5.75 Å². The summed E-state index contributed by atoms with van der Waals surface area (Å²) in [6.07, 6.45) is 3.31. The first-order valence-electron chi connectivity index (χ1n) is 4.68. The number of aromatic hydroxyl groups is 1. The monoisotopic (exact) mass is 205 g/mol. The molecule has 0 spiro atoms. The van der Waals surface area contributed by atoms with Gasteiger partial charge in [0.05, 0.1) is 5.44 Å². The van der Waals surface area contributed by atoms with Crippen LogP contribution in [0, 0.1) is 0 Å². The highest BCUT2D eigenvalue weighted by atomic mass is 16.4. The molecule has 15 heavy (non-hydrogen) atoms. The Bertz CT molecular complexity index is 419. The predicted octanol–water partition coefficient (Wildman–Crippen LogP) is 0.602. The first kappa shape index (κ1) is 10.1. The molecule has 0 fully saturated rings. The van der Waals surface area contributed by atoms with Crippen LogP contribution in [0.1, 0.15) is 12.5 Å². The summed E-state index contributed by atoms with van der Waals surface area (Å²) in [6.45, 7) is 1.67. The van der Waals surface area contributed by atoms with Gasteiger partial charge in [-0.15, -0.1) is 0 Å². The molecular weight excluding hydrogens is 193 g/mol. The summed E-state index contributed by atoms with van der Waals surface area (Å²) in [7, 11) is -1.50. The molecule has 78 valence electrons. The molecule has 0 radical (unpaired) electrons. The molecule has 2 rings (SSSR count). The molecule has 1 aliphatic heterocycles. The summed E-state index contributed by atoms with van der Waals surface area (Å²) in [5.41, 5.74) is 0.435. The standard InChI is InChI=1S/C10H12BNO3/c1-10(11(14)15)6-5-7-8(12-10)3-2-4-9(7)13/h2-6,12-15H,1H3. The second-order valence-electron chi connectivity index (χ2n) is 3.85. The van der Waals surface area contributed by atoms with E-state index in [-0.39, 0.29) is 5.75 Å². The van der Waals surface area contributed by atoms with Gasteiger partial charge in [0.1, 0.15) is 5.75 Å². The average molecular weight is 205 g/mol. The van der Waals surface area contributed by atoms with E-state index in [1.165, 1.54) is 0 Å². The molecule has 0 aromatic heterocycles. The highest BCUT2D eigenvalue weighted by molar-refractivity contribution is 6.47. The maximum Gasteiger partial charge on any atom is 0.482 e. The van der Waals surface area contributed by atoms with Crippen molar-refractivity contribution >= 4 is 18.9 Å². The number of phenols is 1. The lowest BCUT2D eigenvalue weighted by Gasteiger charge is -2.31. The van der Waals surface area contributed by atoms with Gasteiger partial charge in [0.25, 0.3) is 0 Å². The zero-order chi connectivity index (χ0) is 11.1. The van der Waals surface area contributed by atoms with Crippen molar-refractivity contribution in [2.45, 2.75) is 12.4 Å². The lowest BCUT2D eigenvalue weighted by molar-refractivity contribution is 0.378. The van der Waals surface area contributed by atoms with Crippen LogP contribution in [-0.2, 0) is 0 Å². The van der Waals surface area contributed by atoms with Crippen LogP contribution in [0.4, 0.5) is 5.69 Å². The Morgan fingerprint density at radius 2 is 2.07 bits per heavy atom. The van der Waals surface area contributed by atoms with Crippen molar-refractivity contribution in [3.63, 3.8) is 0 Å². The van der Waals surface area contributed by atoms with Crippen LogP contribution in [0.3, 0.4) is 0 Å². The van der Waals surface area contributed by atoms with Crippen molar-refractivity contribution in [1.29, 1.82) is 0 Å². The highest BCUT2D eigenvalue weighted by Gasteiger charge is 2.37. The van der Waals surface area contributed by atoms with E-state index in [2.05, 4.69) is 5.32 Å². The first-order valence-corrected chi connectivity index (χ1v) is 4.68. The van der Waals surface area contributed by atoms with E-state index >= 15 is 0 Å². The largest absolute Gasteiger partial charge is 0.507 e. The molecule has 4 N–H and O–H groups in total. The van der Waals surface area contributed by atoms with E-state index in [1.807, 2.05) is 0 Å². The van der Waals surface area contributed by atoms with E-state index < -0.39 is 12.6 Å². The third-order valence-electron chi connectivity index (χ3n) is 2.62. The van der Waals surface area contributed by atoms with Gasteiger partial charge in [-0.05, 0) is 19.1 Å². The van der Waals surface area contributed by atoms with Crippen LogP contribution in [-0.4, -0.2) is 27.7 Å². The fraction of sp³-hybridized carbons (Fsp3) is 0.200. The number of anilines is 1. The molecule has 1 heterocycles. The van der Waals surface area contributed by atoms with Crippen molar-refractivity contribution in [1.82, 2.24) is 0 Å². The van der Waals surface area contributed by atoms with E-state index in [0.717, 1.165) is 0 Å². The van der Waals surface area contributed by atoms with Crippen molar-refractivity contribution in [2.24, 2.45) is 0 Å². The lowest BCUT2D eigenvalue weighted by Crippen LogP contribution is -2.49. The predicted molar refractivity (Wildman–Crippen MR) is 59.4 cm³/mol. The lowest BCUT2D eigenvalue weighted by atomic mass is 9.64. The van der Waals surface area contributed by atoms with E-state index in [0.29, 0.717) is 11.3 Å². The summed E-state index contributed by atoms with van der Waals surface area (Å²) < 4.78 is 0. The maximum atomic E-state index is 9.55. The molecular formula is C10H12BNO3. The minimum atomic E-state index is -1.50. The molecule has 1 aromatic carbocycles. The maximum absolute atomic E-state index is 9.55. The van der Waals surface area contributed by atoms with Crippen LogP contribution in [0.2, 0.25) is 0 Å². The molecule has 4 nitrogen and oxygen atoms in total. The third-order valence-corrected chi connectivity index (χ3v) is 2.62. The van der Waals surface area contributed by atoms with E-state index in [4.69, 9.17) is 0 Å². The minimum absolute atomic E-state index is 0.172. The van der Waals surface area contributed by atoms with Crippen molar-refractivity contribution in [3.05, 3.63) is 29.8 Å². The number of benzene rings is 1. The SMILES string of the molecule is CC1(B(O)O)C=Cc2c(O)cccc2N1. The van der Waals surface area contributed by atoms with Crippen molar-refractivity contribution in [2.75, 3.05) is 5.32 Å². The Morgan fingerprint density at radius 3 is 2.73 bits per heavy atom. The topological polar surface area (TPSA) is 72.7 Å². The van der Waals surface area contributed by atoms with Gasteiger partial charge in [0.15, 0.2) is 0 Å². The Balaban J connectivity index is 2.44. The summed E-state index contributed by atoms with van der Waals surface area (Å²) in [5, 5.41) is 30.9. The fourth-order valence-electron chi connectivity index (χ4n) is 1.58. The van der Waals surface area contributed by atoms with Gasteiger partial charge in [-0.3, -0.25) is 0 Å². The van der Waals surface area contributed by atoms with Crippen molar-refractivity contribution < 1.29 is 15.2 Å². The van der Waals surface area contributed by atoms with Crippen LogP contribution >= 0.6 is 0 Å². The quantitative estimate of drug-likeness (QED) is 0.506. The molecule has 1 unspecified atom stereocenters. The smallest absolute Gasteiger partial charge is 0.482 e. The normalized spacial score (nSPS) is 23.1. The molecule has 0 saturated heterocycles. The number of nitrogens with one attached hydrogen (secondary N) is 1. The van der Waals surface area contributed by atoms with Gasteiger partial charge >= 0.3 is 7.12 Å². The number of rotatable bonds is 1. The van der Waals surface area contributed by atoms with Gasteiger partial charge in [0, 0.05) is 11.3 Å². The minimum Gasteiger partial charge on any atom is -0.507 e. The Kier molecular flexibility index (Phi) is 2.21. The molecule has 0 saturated carbocycles. The molecule has 0 bridgehead atoms. The van der Waals surface area contributed by atoms with Crippen LogP contribution < -0.4 is 5.32 Å². The molecule has 1 atom stereocenters. The van der Waals surface area contributed by atoms with Gasteiger partial charge in [0.2, 0.25) is 0 Å². The number of phenolic OH excluding ortho intramolecular Hbond substituents is 1. The Morgan fingerprint density at radius 1 is 1.33 bits per heavy atom. The molecule has 1 aromatic rings. The van der Waals surface area contributed by atoms with Gasteiger partial charge in [-0.2, -0.15) is 0 Å². The Hall–Kier alpha value is -1.46. The van der Waals surface area contributed by atoms with Crippen LogP contribution in [0.15, 0.2) is 24.3 Å². The average Bonchev–Trinajstić information content (AvgIpc) is 2.17. The molecule has 1 aliphatic rings. The number of hydrogen-bond acceptors (Lipinski definition) is 4. The van der Waals surface area contributed by atoms with E-state index in [1.54, 1.807) is 37.3 Å². The first-order chi connectivity index (χ1) is 7.03. The van der Waals surface area contributed by atoms with Crippen molar-refractivity contribution in [3.8, 4) is 5.75 Å². The molecule has 0 amide bonds. The molecule has 5 heteroatoms. The number of hydrogen-bond donors (Lipinski definition) is 4. The fourth-order valence-corrected chi connectivity index (χ4v) is 1.58. The third kappa shape index (κ3) is 1.60. The summed E-state index contributed by atoms with van der Waals surface area (Å²) >= 11 is 0. The summed E-state index contributed by atoms with van der Waals surface area (Å²) in [4.78, 5) is 0. The second kappa shape index (κ2) is 3.29. The van der Waals surface area contributed by atoms with Gasteiger partial charge < -0.3 is 20.5 Å².